The smallest absolute Gasteiger partial charge is 0.227 e. The van der Waals surface area contributed by atoms with E-state index < -0.39 is 9.84 Å². The number of furan rings is 1. The molecule has 8 nitrogen and oxygen atoms in total. The molecule has 1 unspecified atom stereocenters. The van der Waals surface area contributed by atoms with E-state index in [9.17, 15) is 13.2 Å². The highest BCUT2D eigenvalue weighted by atomic mass is 32.2. The largest absolute Gasteiger partial charge is 0.497 e. The molecule has 1 aliphatic heterocycles. The van der Waals surface area contributed by atoms with Crippen LogP contribution in [0.2, 0.25) is 0 Å². The fourth-order valence-electron chi connectivity index (χ4n) is 4.21. The van der Waals surface area contributed by atoms with Crippen LogP contribution in [-0.2, 0) is 27.6 Å². The number of nitrogens with zero attached hydrogens (tertiary/aromatic N) is 1. The van der Waals surface area contributed by atoms with Crippen LogP contribution in [0.5, 0.6) is 17.2 Å². The average molecular weight is 474 g/mol. The normalized spacial score (nSPS) is 17.1. The first-order valence-corrected chi connectivity index (χ1v) is 12.4. The first-order chi connectivity index (χ1) is 15.8. The molecular formula is C24H27NO7S. The summed E-state index contributed by atoms with van der Waals surface area (Å²) in [6.45, 7) is 0.262. The van der Waals surface area contributed by atoms with Crippen LogP contribution >= 0.6 is 0 Å². The van der Waals surface area contributed by atoms with Crippen LogP contribution in [0.15, 0.2) is 47.1 Å². The molecule has 1 aliphatic rings. The van der Waals surface area contributed by atoms with Gasteiger partial charge in [0.25, 0.3) is 0 Å². The second-order valence-corrected chi connectivity index (χ2v) is 10.3. The highest BCUT2D eigenvalue weighted by Gasteiger charge is 2.35. The number of fused-ring (bicyclic) bond motifs is 1. The van der Waals surface area contributed by atoms with Crippen LogP contribution in [-0.4, -0.2) is 58.1 Å². The van der Waals surface area contributed by atoms with E-state index in [-0.39, 0.29) is 36.4 Å². The Morgan fingerprint density at radius 1 is 1.06 bits per heavy atom. The highest BCUT2D eigenvalue weighted by Crippen LogP contribution is 2.30. The molecule has 0 bridgehead atoms. The van der Waals surface area contributed by atoms with Gasteiger partial charge in [-0.2, -0.15) is 0 Å². The van der Waals surface area contributed by atoms with Crippen LogP contribution in [0.25, 0.3) is 11.0 Å². The van der Waals surface area contributed by atoms with Gasteiger partial charge < -0.3 is 23.5 Å². The maximum atomic E-state index is 13.5. The van der Waals surface area contributed by atoms with Crippen LogP contribution in [0.1, 0.15) is 17.5 Å². The van der Waals surface area contributed by atoms with Gasteiger partial charge in [-0.05, 0) is 42.3 Å². The number of amides is 1. The molecule has 3 aromatic rings. The summed E-state index contributed by atoms with van der Waals surface area (Å²) in [4.78, 5) is 15.1. The van der Waals surface area contributed by atoms with Gasteiger partial charge in [-0.3, -0.25) is 4.79 Å². The summed E-state index contributed by atoms with van der Waals surface area (Å²) in [6, 6.07) is 10.5. The SMILES string of the molecule is COc1ccc2occ(CC(=O)N(Cc3ccc(OC)c(OC)c3)C3CCS(=O)(=O)C3)c2c1. The molecule has 9 heteroatoms. The molecule has 0 spiro atoms. The molecule has 4 rings (SSSR count). The molecule has 33 heavy (non-hydrogen) atoms. The van der Waals surface area contributed by atoms with Crippen molar-refractivity contribution in [2.75, 3.05) is 32.8 Å². The zero-order chi connectivity index (χ0) is 23.6. The fraction of sp³-hybridized carbons (Fsp3) is 0.375. The predicted molar refractivity (Wildman–Crippen MR) is 124 cm³/mol. The summed E-state index contributed by atoms with van der Waals surface area (Å²) >= 11 is 0. The first kappa shape index (κ1) is 23.0. The number of ether oxygens (including phenoxy) is 3. The van der Waals surface area contributed by atoms with Gasteiger partial charge in [0.1, 0.15) is 11.3 Å². The van der Waals surface area contributed by atoms with E-state index in [1.165, 1.54) is 0 Å². The molecule has 0 radical (unpaired) electrons. The summed E-state index contributed by atoms with van der Waals surface area (Å²) in [5, 5.41) is 0.799. The number of benzene rings is 2. The zero-order valence-electron chi connectivity index (χ0n) is 18.9. The van der Waals surface area contributed by atoms with Gasteiger partial charge in [0.15, 0.2) is 21.3 Å². The molecular weight excluding hydrogens is 446 g/mol. The Labute approximate surface area is 192 Å². The molecule has 0 saturated carbocycles. The first-order valence-electron chi connectivity index (χ1n) is 10.6. The van der Waals surface area contributed by atoms with Crippen LogP contribution in [0, 0.1) is 0 Å². The van der Waals surface area contributed by atoms with Crippen molar-refractivity contribution in [1.82, 2.24) is 4.90 Å². The van der Waals surface area contributed by atoms with Crippen molar-refractivity contribution in [1.29, 1.82) is 0 Å². The second kappa shape index (κ2) is 9.35. The number of carbonyl (C=O) groups excluding carboxylic acids is 1. The van der Waals surface area contributed by atoms with Gasteiger partial charge in [-0.1, -0.05) is 6.07 Å². The molecule has 1 fully saturated rings. The predicted octanol–water partition coefficient (Wildman–Crippen LogP) is 3.22. The van der Waals surface area contributed by atoms with E-state index in [2.05, 4.69) is 0 Å². The number of hydrogen-bond acceptors (Lipinski definition) is 7. The van der Waals surface area contributed by atoms with Gasteiger partial charge >= 0.3 is 0 Å². The molecule has 0 N–H and O–H groups in total. The lowest BCUT2D eigenvalue weighted by Crippen LogP contribution is -2.41. The zero-order valence-corrected chi connectivity index (χ0v) is 19.7. The monoisotopic (exact) mass is 473 g/mol. The van der Waals surface area contributed by atoms with E-state index >= 15 is 0 Å². The van der Waals surface area contributed by atoms with Crippen molar-refractivity contribution in [2.45, 2.75) is 25.4 Å². The summed E-state index contributed by atoms with van der Waals surface area (Å²) < 4.78 is 45.9. The van der Waals surface area contributed by atoms with Crippen LogP contribution in [0.4, 0.5) is 0 Å². The minimum Gasteiger partial charge on any atom is -0.497 e. The minimum atomic E-state index is -3.17. The van der Waals surface area contributed by atoms with Gasteiger partial charge in [0.2, 0.25) is 5.91 Å². The van der Waals surface area contributed by atoms with Gasteiger partial charge in [-0.15, -0.1) is 0 Å². The Hall–Kier alpha value is -3.20. The lowest BCUT2D eigenvalue weighted by atomic mass is 10.1. The maximum absolute atomic E-state index is 13.5. The Bertz CT molecular complexity index is 1270. The van der Waals surface area contributed by atoms with Crippen molar-refractivity contribution >= 4 is 26.7 Å². The number of methoxy groups -OCH3 is 3. The highest BCUT2D eigenvalue weighted by molar-refractivity contribution is 7.91. The van der Waals surface area contributed by atoms with Crippen LogP contribution in [0.3, 0.4) is 0 Å². The quantitative estimate of drug-likeness (QED) is 0.496. The third-order valence-electron chi connectivity index (χ3n) is 5.97. The van der Waals surface area contributed by atoms with Crippen molar-refractivity contribution < 1.29 is 31.8 Å². The Morgan fingerprint density at radius 2 is 1.85 bits per heavy atom. The van der Waals surface area contributed by atoms with Crippen molar-refractivity contribution in [3.63, 3.8) is 0 Å². The van der Waals surface area contributed by atoms with E-state index in [0.29, 0.717) is 29.3 Å². The standard InChI is InChI=1S/C24H27NO7S/c1-29-19-5-7-21-20(12-19)17(14-32-21)11-24(26)25(18-8-9-33(27,28)15-18)13-16-4-6-22(30-2)23(10-16)31-3/h4-7,10,12,14,18H,8-9,11,13,15H2,1-3H3. The van der Waals surface area contributed by atoms with E-state index in [0.717, 1.165) is 16.5 Å². The Balaban J connectivity index is 1.63. The number of carbonyl (C=O) groups is 1. The van der Waals surface area contributed by atoms with Crippen molar-refractivity contribution in [3.8, 4) is 17.2 Å². The molecule has 2 aromatic carbocycles. The number of sulfone groups is 1. The average Bonchev–Trinajstić information content (AvgIpc) is 3.38. The molecule has 1 saturated heterocycles. The van der Waals surface area contributed by atoms with E-state index in [1.54, 1.807) is 56.8 Å². The summed E-state index contributed by atoms with van der Waals surface area (Å²) in [5.41, 5.74) is 2.21. The Morgan fingerprint density at radius 3 is 2.52 bits per heavy atom. The third-order valence-corrected chi connectivity index (χ3v) is 7.72. The molecule has 0 aliphatic carbocycles. The second-order valence-electron chi connectivity index (χ2n) is 8.07. The molecule has 176 valence electrons. The number of rotatable bonds is 8. The minimum absolute atomic E-state index is 0.0357. The van der Waals surface area contributed by atoms with Crippen molar-refractivity contribution in [3.05, 3.63) is 53.8 Å². The van der Waals surface area contributed by atoms with Crippen LogP contribution < -0.4 is 14.2 Å². The maximum Gasteiger partial charge on any atom is 0.227 e. The third kappa shape index (κ3) is 4.93. The summed E-state index contributed by atoms with van der Waals surface area (Å²) in [7, 11) is 1.52. The summed E-state index contributed by atoms with van der Waals surface area (Å²) in [6.07, 6.45) is 2.08. The van der Waals surface area contributed by atoms with Crippen molar-refractivity contribution in [2.24, 2.45) is 0 Å². The van der Waals surface area contributed by atoms with E-state index in [1.807, 2.05) is 12.1 Å². The summed E-state index contributed by atoms with van der Waals surface area (Å²) in [5.74, 6) is 1.68. The van der Waals surface area contributed by atoms with E-state index in [4.69, 9.17) is 18.6 Å². The lowest BCUT2D eigenvalue weighted by molar-refractivity contribution is -0.133. The lowest BCUT2D eigenvalue weighted by Gasteiger charge is -2.29. The van der Waals surface area contributed by atoms with Gasteiger partial charge in [0, 0.05) is 23.5 Å². The molecule has 1 atom stereocenters. The fourth-order valence-corrected chi connectivity index (χ4v) is 5.94. The Kier molecular flexibility index (Phi) is 6.51. The van der Waals surface area contributed by atoms with Gasteiger partial charge in [0.05, 0.1) is 45.5 Å². The van der Waals surface area contributed by atoms with Gasteiger partial charge in [-0.25, -0.2) is 8.42 Å². The molecule has 2 heterocycles. The molecule has 1 amide bonds. The number of hydrogen-bond donors (Lipinski definition) is 0. The topological polar surface area (TPSA) is 95.3 Å². The molecule has 1 aromatic heterocycles.